The molecule has 8 rings (SSSR count). The van der Waals surface area contributed by atoms with E-state index in [9.17, 15) is 9.18 Å². The molecule has 4 aliphatic rings. The molecule has 0 saturated carbocycles. The maximum atomic E-state index is 17.1. The molecule has 11 nitrogen and oxygen atoms in total. The van der Waals surface area contributed by atoms with Crippen LogP contribution in [0.5, 0.6) is 11.9 Å². The summed E-state index contributed by atoms with van der Waals surface area (Å²) in [6, 6.07) is 8.42. The Morgan fingerprint density at radius 2 is 2.04 bits per heavy atom. The number of halogens is 2. The number of terminal acetylenes is 1. The van der Waals surface area contributed by atoms with Gasteiger partial charge in [-0.2, -0.15) is 9.97 Å². The fourth-order valence-corrected chi connectivity index (χ4v) is 8.36. The van der Waals surface area contributed by atoms with Crippen molar-refractivity contribution < 1.29 is 27.8 Å². The summed E-state index contributed by atoms with van der Waals surface area (Å²) in [5, 5.41) is 5.00. The summed E-state index contributed by atoms with van der Waals surface area (Å²) in [7, 11) is 3.34. The van der Waals surface area contributed by atoms with Crippen LogP contribution in [0.25, 0.3) is 32.9 Å². The highest BCUT2D eigenvalue weighted by Gasteiger charge is 2.50. The lowest BCUT2D eigenvalue weighted by molar-refractivity contribution is 0.0484. The Morgan fingerprint density at radius 1 is 1.18 bits per heavy atom. The third kappa shape index (κ3) is 5.65. The number of benzene rings is 2. The van der Waals surface area contributed by atoms with Gasteiger partial charge in [0.2, 0.25) is 5.88 Å². The number of hydrogen-bond acceptors (Lipinski definition) is 10. The van der Waals surface area contributed by atoms with Gasteiger partial charge in [0.25, 0.3) is 0 Å². The van der Waals surface area contributed by atoms with E-state index in [0.717, 1.165) is 38.6 Å². The van der Waals surface area contributed by atoms with Gasteiger partial charge in [0.05, 0.1) is 17.1 Å². The first-order valence-corrected chi connectivity index (χ1v) is 17.7. The molecule has 3 saturated heterocycles. The van der Waals surface area contributed by atoms with Gasteiger partial charge in [-0.25, -0.2) is 18.6 Å². The van der Waals surface area contributed by atoms with E-state index < -0.39 is 11.6 Å². The maximum Gasteiger partial charge on any atom is 0.409 e. The zero-order valence-electron chi connectivity index (χ0n) is 29.0. The summed E-state index contributed by atoms with van der Waals surface area (Å²) in [6.45, 7) is 5.18. The molecule has 0 aliphatic carbocycles. The van der Waals surface area contributed by atoms with Gasteiger partial charge < -0.3 is 29.3 Å². The van der Waals surface area contributed by atoms with Gasteiger partial charge in [0.15, 0.2) is 5.82 Å². The predicted molar refractivity (Wildman–Crippen MR) is 189 cm³/mol. The van der Waals surface area contributed by atoms with Gasteiger partial charge in [0, 0.05) is 50.2 Å². The van der Waals surface area contributed by atoms with Crippen LogP contribution >= 0.6 is 0 Å². The highest BCUT2D eigenvalue weighted by Crippen LogP contribution is 2.45. The first kappa shape index (κ1) is 33.3. The Balaban J connectivity index is 1.22. The Labute approximate surface area is 295 Å². The average molecular weight is 698 g/mol. The third-order valence-corrected chi connectivity index (χ3v) is 11.1. The van der Waals surface area contributed by atoms with Crippen molar-refractivity contribution in [3.8, 4) is 35.5 Å². The summed E-state index contributed by atoms with van der Waals surface area (Å²) in [5.74, 6) is 1.89. The molecule has 0 spiro atoms. The molecule has 51 heavy (non-hydrogen) atoms. The number of piperazine rings is 1. The Morgan fingerprint density at radius 3 is 2.84 bits per heavy atom. The molecule has 1 amide bonds. The van der Waals surface area contributed by atoms with E-state index in [2.05, 4.69) is 28.0 Å². The smallest absolute Gasteiger partial charge is 0.409 e. The van der Waals surface area contributed by atoms with Gasteiger partial charge in [0.1, 0.15) is 48.1 Å². The van der Waals surface area contributed by atoms with Crippen molar-refractivity contribution in [2.75, 3.05) is 58.5 Å². The third-order valence-electron chi connectivity index (χ3n) is 11.1. The lowest BCUT2D eigenvalue weighted by Crippen LogP contribution is -2.58. The molecule has 0 radical (unpaired) electrons. The number of fused-ring (bicyclic) bond motifs is 4. The largest absolute Gasteiger partial charge is 0.475 e. The fourth-order valence-electron chi connectivity index (χ4n) is 8.36. The minimum Gasteiger partial charge on any atom is -0.475 e. The van der Waals surface area contributed by atoms with Crippen LogP contribution in [0.4, 0.5) is 19.4 Å². The number of rotatable bonds is 7. The molecule has 2 aromatic heterocycles. The second kappa shape index (κ2) is 13.1. The zero-order valence-corrected chi connectivity index (χ0v) is 29.0. The van der Waals surface area contributed by atoms with E-state index in [0.29, 0.717) is 60.5 Å². The molecule has 13 heteroatoms. The summed E-state index contributed by atoms with van der Waals surface area (Å²) in [6.07, 6.45) is 9.95. The van der Waals surface area contributed by atoms with Crippen molar-refractivity contribution >= 4 is 33.6 Å². The normalized spacial score (nSPS) is 24.1. The van der Waals surface area contributed by atoms with Crippen LogP contribution in [0, 0.1) is 24.0 Å². The van der Waals surface area contributed by atoms with Crippen molar-refractivity contribution in [2.24, 2.45) is 0 Å². The van der Waals surface area contributed by atoms with Gasteiger partial charge in [-0.1, -0.05) is 37.1 Å². The molecular formula is C38H41F2N7O4. The van der Waals surface area contributed by atoms with Gasteiger partial charge in [-0.3, -0.25) is 4.90 Å². The molecule has 2 aromatic carbocycles. The fraction of sp³-hybridized carbons (Fsp3) is 0.474. The molecule has 4 aliphatic heterocycles. The van der Waals surface area contributed by atoms with E-state index in [-0.39, 0.29) is 58.4 Å². The Kier molecular flexibility index (Phi) is 8.55. The Hall–Kier alpha value is -4.80. The summed E-state index contributed by atoms with van der Waals surface area (Å²) < 4.78 is 50.5. The number of amides is 1. The summed E-state index contributed by atoms with van der Waals surface area (Å²) in [4.78, 5) is 32.6. The number of nitrogens with zero attached hydrogens (tertiary/aromatic N) is 6. The minimum absolute atomic E-state index is 0.0126. The van der Waals surface area contributed by atoms with E-state index >= 15 is 4.39 Å². The lowest BCUT2D eigenvalue weighted by Gasteiger charge is -2.39. The minimum atomic E-state index is -0.699. The van der Waals surface area contributed by atoms with Gasteiger partial charge >= 0.3 is 12.1 Å². The number of aromatic nitrogens is 3. The molecular weight excluding hydrogens is 656 g/mol. The highest BCUT2D eigenvalue weighted by molar-refractivity contribution is 6.03. The number of nitrogens with one attached hydrogen (secondary N) is 1. The Bertz CT molecular complexity index is 2070. The molecule has 266 valence electrons. The van der Waals surface area contributed by atoms with E-state index in [4.69, 9.17) is 35.6 Å². The molecule has 6 heterocycles. The molecule has 0 unspecified atom stereocenters. The summed E-state index contributed by atoms with van der Waals surface area (Å²) in [5.41, 5.74) is 0.0600. The number of pyridine rings is 1. The molecule has 4 atom stereocenters. The predicted octanol–water partition coefficient (Wildman–Crippen LogP) is 5.13. The molecule has 4 aromatic rings. The van der Waals surface area contributed by atoms with E-state index in [1.807, 2.05) is 0 Å². The number of ether oxygens (including phenoxy) is 3. The van der Waals surface area contributed by atoms with Crippen molar-refractivity contribution in [3.05, 3.63) is 47.5 Å². The first-order chi connectivity index (χ1) is 24.7. The van der Waals surface area contributed by atoms with Crippen LogP contribution < -0.4 is 19.7 Å². The summed E-state index contributed by atoms with van der Waals surface area (Å²) >= 11 is 0. The number of carbonyl (C=O) groups excluding carboxylic acids is 1. The highest BCUT2D eigenvalue weighted by atomic mass is 19.1. The lowest BCUT2D eigenvalue weighted by atomic mass is 9.95. The van der Waals surface area contributed by atoms with E-state index in [1.165, 1.54) is 11.0 Å². The van der Waals surface area contributed by atoms with Crippen LogP contribution in [0.2, 0.25) is 0 Å². The van der Waals surface area contributed by atoms with Crippen LogP contribution in [0.15, 0.2) is 30.3 Å². The maximum absolute atomic E-state index is 17.1. The van der Waals surface area contributed by atoms with Crippen molar-refractivity contribution in [1.29, 1.82) is 0 Å². The first-order valence-electron chi connectivity index (χ1n) is 17.7. The standard InChI is InChI=1S/C38H41F2N7O4/c1-5-23-18-46-25(17-41-23)20-49-35-30-33(31(40)32(42-35)27-10-7-9-22-11-12-28(39)26(6-2)29(22)27)43-36(44-34(30)46)51-21-38-14-8-16-47(38)24(13-15-38)19-50-37(48)45(3)4/h2,7,9-12,23-25,41H,5,8,13-21H2,1,3-4H3/t23-,24+,25+,38+/m1/s1. The van der Waals surface area contributed by atoms with Crippen molar-refractivity contribution in [1.82, 2.24) is 30.1 Å². The molecule has 3 fully saturated rings. The molecule has 0 bridgehead atoms. The van der Waals surface area contributed by atoms with Gasteiger partial charge in [-0.05, 0) is 50.1 Å². The van der Waals surface area contributed by atoms with E-state index in [1.54, 1.807) is 38.4 Å². The second-order valence-electron chi connectivity index (χ2n) is 14.2. The second-order valence-corrected chi connectivity index (χ2v) is 14.2. The van der Waals surface area contributed by atoms with Crippen LogP contribution in [0.3, 0.4) is 0 Å². The van der Waals surface area contributed by atoms with Crippen LogP contribution in [-0.4, -0.2) is 108 Å². The molecule has 1 N–H and O–H groups in total. The van der Waals surface area contributed by atoms with Crippen LogP contribution in [-0.2, 0) is 4.74 Å². The SMILES string of the molecule is C#Cc1c(F)ccc2cccc(-c3nc4c5c(nc(OC[C@@]67CCCN6[C@H](COC(=O)N(C)C)CC7)nc5c3F)N3C[C@@H](CC)NC[C@H]3CO4)c12. The zero-order chi connectivity index (χ0) is 35.4. The average Bonchev–Trinajstić information content (AvgIpc) is 3.67. The quantitative estimate of drug-likeness (QED) is 0.262. The monoisotopic (exact) mass is 697 g/mol. The van der Waals surface area contributed by atoms with Crippen molar-refractivity contribution in [3.63, 3.8) is 0 Å². The topological polar surface area (TPSA) is 105 Å². The number of anilines is 1. The van der Waals surface area contributed by atoms with Gasteiger partial charge in [-0.15, -0.1) is 6.42 Å². The van der Waals surface area contributed by atoms with Crippen LogP contribution in [0.1, 0.15) is 44.6 Å². The number of hydrogen-bond donors (Lipinski definition) is 1. The number of carbonyl (C=O) groups is 1. The van der Waals surface area contributed by atoms with Crippen molar-refractivity contribution in [2.45, 2.75) is 62.7 Å².